The van der Waals surface area contributed by atoms with Gasteiger partial charge in [0.1, 0.15) is 0 Å². The van der Waals surface area contributed by atoms with Crippen LogP contribution in [0.2, 0.25) is 0 Å². The number of carbonyl (C=O) groups excluding carboxylic acids is 1. The third-order valence-corrected chi connectivity index (χ3v) is 3.76. The van der Waals surface area contributed by atoms with Gasteiger partial charge in [-0.25, -0.2) is 4.98 Å². The summed E-state index contributed by atoms with van der Waals surface area (Å²) in [5.41, 5.74) is 7.60. The van der Waals surface area contributed by atoms with E-state index in [1.807, 2.05) is 25.1 Å². The summed E-state index contributed by atoms with van der Waals surface area (Å²) >= 11 is 1.62. The van der Waals surface area contributed by atoms with E-state index in [0.717, 1.165) is 20.9 Å². The van der Waals surface area contributed by atoms with Crippen molar-refractivity contribution >= 4 is 33.1 Å². The van der Waals surface area contributed by atoms with E-state index in [9.17, 15) is 4.79 Å². The molecule has 2 rings (SSSR count). The first-order valence-electron chi connectivity index (χ1n) is 6.39. The van der Waals surface area contributed by atoms with Crippen molar-refractivity contribution in [2.24, 2.45) is 11.7 Å². The fraction of sp³-hybridized carbons (Fsp3) is 0.429. The Kier molecular flexibility index (Phi) is 4.17. The number of hydrogen-bond donors (Lipinski definition) is 2. The minimum absolute atomic E-state index is 0.130. The molecule has 0 radical (unpaired) electrons. The molecule has 2 aromatic rings. The Hall–Kier alpha value is -1.46. The van der Waals surface area contributed by atoms with Crippen molar-refractivity contribution in [3.05, 3.63) is 23.2 Å². The minimum Gasteiger partial charge on any atom is -0.325 e. The Morgan fingerprint density at radius 3 is 2.89 bits per heavy atom. The molecule has 0 spiro atoms. The van der Waals surface area contributed by atoms with Gasteiger partial charge in [-0.1, -0.05) is 13.8 Å². The predicted octanol–water partition coefficient (Wildman–Crippen LogP) is 2.92. The van der Waals surface area contributed by atoms with E-state index >= 15 is 0 Å². The predicted molar refractivity (Wildman–Crippen MR) is 80.4 cm³/mol. The van der Waals surface area contributed by atoms with Gasteiger partial charge in [0.25, 0.3) is 0 Å². The molecule has 1 heterocycles. The summed E-state index contributed by atoms with van der Waals surface area (Å²) in [6.07, 6.45) is 0.688. The SMILES string of the molecule is Cc1nc2ccc(NC(=O)C(N)CC(C)C)cc2s1. The first-order valence-corrected chi connectivity index (χ1v) is 7.21. The molecule has 5 heteroatoms. The average molecular weight is 277 g/mol. The number of benzene rings is 1. The third-order valence-electron chi connectivity index (χ3n) is 2.83. The number of nitrogens with one attached hydrogen (secondary N) is 1. The third kappa shape index (κ3) is 3.52. The quantitative estimate of drug-likeness (QED) is 0.903. The van der Waals surface area contributed by atoms with Gasteiger partial charge in [-0.2, -0.15) is 0 Å². The van der Waals surface area contributed by atoms with Crippen LogP contribution in [0.3, 0.4) is 0 Å². The summed E-state index contributed by atoms with van der Waals surface area (Å²) in [5, 5.41) is 3.89. The van der Waals surface area contributed by atoms with Crippen LogP contribution in [-0.2, 0) is 4.79 Å². The lowest BCUT2D eigenvalue weighted by molar-refractivity contribution is -0.117. The second-order valence-corrected chi connectivity index (χ2v) is 6.38. The van der Waals surface area contributed by atoms with Gasteiger partial charge in [0.05, 0.1) is 21.3 Å². The summed E-state index contributed by atoms with van der Waals surface area (Å²) in [7, 11) is 0. The number of rotatable bonds is 4. The number of anilines is 1. The van der Waals surface area contributed by atoms with Crippen LogP contribution >= 0.6 is 11.3 Å². The molecule has 0 aliphatic carbocycles. The molecular formula is C14H19N3OS. The molecule has 3 N–H and O–H groups in total. The highest BCUT2D eigenvalue weighted by Gasteiger charge is 2.15. The van der Waals surface area contributed by atoms with Gasteiger partial charge < -0.3 is 11.1 Å². The van der Waals surface area contributed by atoms with Gasteiger partial charge in [0, 0.05) is 5.69 Å². The highest BCUT2D eigenvalue weighted by molar-refractivity contribution is 7.18. The molecule has 1 amide bonds. The van der Waals surface area contributed by atoms with Crippen LogP contribution in [0.4, 0.5) is 5.69 Å². The van der Waals surface area contributed by atoms with E-state index in [0.29, 0.717) is 12.3 Å². The van der Waals surface area contributed by atoms with Crippen LogP contribution < -0.4 is 11.1 Å². The summed E-state index contributed by atoms with van der Waals surface area (Å²) in [6.45, 7) is 6.08. The number of thiazole rings is 1. The van der Waals surface area contributed by atoms with Gasteiger partial charge in [0.2, 0.25) is 5.91 Å². The molecule has 1 unspecified atom stereocenters. The van der Waals surface area contributed by atoms with E-state index in [1.54, 1.807) is 11.3 Å². The van der Waals surface area contributed by atoms with Crippen LogP contribution in [0.5, 0.6) is 0 Å². The minimum atomic E-state index is -0.459. The molecule has 19 heavy (non-hydrogen) atoms. The van der Waals surface area contributed by atoms with E-state index in [-0.39, 0.29) is 5.91 Å². The molecular weight excluding hydrogens is 258 g/mol. The fourth-order valence-electron chi connectivity index (χ4n) is 1.97. The Morgan fingerprint density at radius 1 is 1.47 bits per heavy atom. The van der Waals surface area contributed by atoms with Gasteiger partial charge in [-0.15, -0.1) is 11.3 Å². The van der Waals surface area contributed by atoms with E-state index < -0.39 is 6.04 Å². The summed E-state index contributed by atoms with van der Waals surface area (Å²) < 4.78 is 1.08. The zero-order chi connectivity index (χ0) is 14.0. The zero-order valence-electron chi connectivity index (χ0n) is 11.4. The normalized spacial score (nSPS) is 12.9. The molecule has 0 aliphatic heterocycles. The smallest absolute Gasteiger partial charge is 0.241 e. The Bertz CT molecular complexity index is 591. The number of carbonyl (C=O) groups is 1. The standard InChI is InChI=1S/C14H19N3OS/c1-8(2)6-11(15)14(18)17-10-4-5-12-13(7-10)19-9(3)16-12/h4-5,7-8,11H,6,15H2,1-3H3,(H,17,18). The van der Waals surface area contributed by atoms with Crippen LogP contribution in [0.25, 0.3) is 10.2 Å². The van der Waals surface area contributed by atoms with Crippen LogP contribution in [0, 0.1) is 12.8 Å². The van der Waals surface area contributed by atoms with Crippen LogP contribution in [0.15, 0.2) is 18.2 Å². The highest BCUT2D eigenvalue weighted by Crippen LogP contribution is 2.24. The van der Waals surface area contributed by atoms with Gasteiger partial charge >= 0.3 is 0 Å². The molecule has 1 aromatic heterocycles. The maximum Gasteiger partial charge on any atom is 0.241 e. The Balaban J connectivity index is 2.10. The number of nitrogens with two attached hydrogens (primary N) is 1. The monoisotopic (exact) mass is 277 g/mol. The van der Waals surface area contributed by atoms with E-state index in [4.69, 9.17) is 5.73 Å². The van der Waals surface area contributed by atoms with Crippen molar-refractivity contribution in [2.45, 2.75) is 33.2 Å². The van der Waals surface area contributed by atoms with Gasteiger partial charge in [0.15, 0.2) is 0 Å². The first-order chi connectivity index (χ1) is 8.95. The van der Waals surface area contributed by atoms with Crippen molar-refractivity contribution in [3.8, 4) is 0 Å². The molecule has 0 saturated carbocycles. The number of nitrogens with zero attached hydrogens (tertiary/aromatic N) is 1. The fourth-order valence-corrected chi connectivity index (χ4v) is 2.83. The maximum atomic E-state index is 11.9. The number of aryl methyl sites for hydroxylation is 1. The lowest BCUT2D eigenvalue weighted by Gasteiger charge is -2.14. The Morgan fingerprint density at radius 2 is 2.21 bits per heavy atom. The van der Waals surface area contributed by atoms with Gasteiger partial charge in [-0.3, -0.25) is 4.79 Å². The number of aromatic nitrogens is 1. The van der Waals surface area contributed by atoms with E-state index in [2.05, 4.69) is 24.1 Å². The summed E-state index contributed by atoms with van der Waals surface area (Å²) in [5.74, 6) is 0.279. The maximum absolute atomic E-state index is 11.9. The molecule has 0 saturated heterocycles. The molecule has 1 atom stereocenters. The lowest BCUT2D eigenvalue weighted by atomic mass is 10.0. The highest BCUT2D eigenvalue weighted by atomic mass is 32.1. The van der Waals surface area contributed by atoms with Crippen LogP contribution in [-0.4, -0.2) is 16.9 Å². The molecule has 0 aliphatic rings. The number of hydrogen-bond acceptors (Lipinski definition) is 4. The zero-order valence-corrected chi connectivity index (χ0v) is 12.3. The molecule has 4 nitrogen and oxygen atoms in total. The van der Waals surface area contributed by atoms with Crippen molar-refractivity contribution < 1.29 is 4.79 Å². The van der Waals surface area contributed by atoms with E-state index in [1.165, 1.54) is 0 Å². The van der Waals surface area contributed by atoms with Crippen molar-refractivity contribution in [1.82, 2.24) is 4.98 Å². The van der Waals surface area contributed by atoms with Crippen molar-refractivity contribution in [2.75, 3.05) is 5.32 Å². The number of fused-ring (bicyclic) bond motifs is 1. The topological polar surface area (TPSA) is 68.0 Å². The Labute approximate surface area is 117 Å². The number of amides is 1. The molecule has 1 aromatic carbocycles. The van der Waals surface area contributed by atoms with Gasteiger partial charge in [-0.05, 0) is 37.5 Å². The molecule has 102 valence electrons. The second-order valence-electron chi connectivity index (χ2n) is 5.14. The summed E-state index contributed by atoms with van der Waals surface area (Å²) in [4.78, 5) is 16.3. The molecule has 0 bridgehead atoms. The van der Waals surface area contributed by atoms with Crippen molar-refractivity contribution in [3.63, 3.8) is 0 Å². The summed E-state index contributed by atoms with van der Waals surface area (Å²) in [6, 6.07) is 5.27. The second kappa shape index (κ2) is 5.67. The van der Waals surface area contributed by atoms with Crippen molar-refractivity contribution in [1.29, 1.82) is 0 Å². The lowest BCUT2D eigenvalue weighted by Crippen LogP contribution is -2.36. The first kappa shape index (κ1) is 14.0. The molecule has 0 fully saturated rings. The largest absolute Gasteiger partial charge is 0.325 e. The van der Waals surface area contributed by atoms with Crippen LogP contribution in [0.1, 0.15) is 25.3 Å². The average Bonchev–Trinajstić information content (AvgIpc) is 2.67.